The van der Waals surface area contributed by atoms with Crippen LogP contribution in [-0.2, 0) is 4.74 Å². The van der Waals surface area contributed by atoms with Crippen molar-refractivity contribution < 1.29 is 9.53 Å². The highest BCUT2D eigenvalue weighted by Gasteiger charge is 2.40. The standard InChI is InChI=1S/C15H27NO2S/c1-15(2,3)18-14(17)16(6-7-19)10-13-9-11-4-5-12(13)8-11/h11-13,19H,4-10H2,1-3H3. The first-order valence-electron chi connectivity index (χ1n) is 7.48. The number of amides is 1. The van der Waals surface area contributed by atoms with Gasteiger partial charge < -0.3 is 9.64 Å². The zero-order chi connectivity index (χ0) is 14.0. The molecule has 4 heteroatoms. The van der Waals surface area contributed by atoms with Gasteiger partial charge in [0.1, 0.15) is 5.60 Å². The highest BCUT2D eigenvalue weighted by Crippen LogP contribution is 2.48. The first kappa shape index (κ1) is 15.0. The maximum atomic E-state index is 12.2. The average molecular weight is 285 g/mol. The van der Waals surface area contributed by atoms with Crippen LogP contribution in [0.1, 0.15) is 46.5 Å². The molecule has 0 N–H and O–H groups in total. The molecule has 0 heterocycles. The smallest absolute Gasteiger partial charge is 0.410 e. The Morgan fingerprint density at radius 1 is 1.32 bits per heavy atom. The van der Waals surface area contributed by atoms with Crippen LogP contribution in [0.4, 0.5) is 4.79 Å². The summed E-state index contributed by atoms with van der Waals surface area (Å²) in [5, 5.41) is 0. The summed E-state index contributed by atoms with van der Waals surface area (Å²) in [5.41, 5.74) is -0.416. The first-order chi connectivity index (χ1) is 8.89. The Morgan fingerprint density at radius 3 is 2.53 bits per heavy atom. The van der Waals surface area contributed by atoms with Crippen LogP contribution < -0.4 is 0 Å². The Labute approximate surface area is 122 Å². The van der Waals surface area contributed by atoms with Crippen LogP contribution in [0, 0.1) is 17.8 Å². The molecule has 0 saturated heterocycles. The van der Waals surface area contributed by atoms with Crippen molar-refractivity contribution in [3.63, 3.8) is 0 Å². The highest BCUT2D eigenvalue weighted by atomic mass is 32.1. The lowest BCUT2D eigenvalue weighted by Crippen LogP contribution is -2.41. The molecule has 2 fully saturated rings. The van der Waals surface area contributed by atoms with Gasteiger partial charge in [0.15, 0.2) is 0 Å². The lowest BCUT2D eigenvalue weighted by Gasteiger charge is -2.31. The number of fused-ring (bicyclic) bond motifs is 2. The largest absolute Gasteiger partial charge is 0.444 e. The second kappa shape index (κ2) is 5.94. The third-order valence-corrected chi connectivity index (χ3v) is 4.56. The van der Waals surface area contributed by atoms with Gasteiger partial charge in [0, 0.05) is 18.8 Å². The van der Waals surface area contributed by atoms with E-state index in [9.17, 15) is 4.79 Å². The number of hydrogen-bond acceptors (Lipinski definition) is 3. The minimum absolute atomic E-state index is 0.177. The van der Waals surface area contributed by atoms with Crippen LogP contribution in [0.3, 0.4) is 0 Å². The van der Waals surface area contributed by atoms with Crippen molar-refractivity contribution in [2.24, 2.45) is 17.8 Å². The average Bonchev–Trinajstić information content (AvgIpc) is 2.87. The molecular formula is C15H27NO2S. The molecule has 110 valence electrons. The summed E-state index contributed by atoms with van der Waals surface area (Å²) in [4.78, 5) is 14.1. The van der Waals surface area contributed by atoms with Crippen LogP contribution in [0.25, 0.3) is 0 Å². The van der Waals surface area contributed by atoms with Gasteiger partial charge >= 0.3 is 6.09 Å². The third-order valence-electron chi connectivity index (χ3n) is 4.36. The van der Waals surface area contributed by atoms with Crippen LogP contribution in [0.2, 0.25) is 0 Å². The molecule has 2 aliphatic carbocycles. The van der Waals surface area contributed by atoms with Gasteiger partial charge in [-0.15, -0.1) is 0 Å². The molecule has 2 rings (SSSR count). The molecule has 2 aliphatic rings. The summed E-state index contributed by atoms with van der Waals surface area (Å²) in [6, 6.07) is 0. The van der Waals surface area contributed by atoms with E-state index >= 15 is 0 Å². The first-order valence-corrected chi connectivity index (χ1v) is 8.11. The van der Waals surface area contributed by atoms with Gasteiger partial charge in [0.05, 0.1) is 0 Å². The minimum Gasteiger partial charge on any atom is -0.444 e. The van der Waals surface area contributed by atoms with Gasteiger partial charge in [-0.1, -0.05) is 6.42 Å². The quantitative estimate of drug-likeness (QED) is 0.800. The summed E-state index contributed by atoms with van der Waals surface area (Å²) >= 11 is 4.27. The topological polar surface area (TPSA) is 29.5 Å². The van der Waals surface area contributed by atoms with E-state index in [1.807, 2.05) is 25.7 Å². The number of hydrogen-bond donors (Lipinski definition) is 1. The number of ether oxygens (including phenoxy) is 1. The molecular weight excluding hydrogens is 258 g/mol. The van der Waals surface area contributed by atoms with Crippen LogP contribution in [0.15, 0.2) is 0 Å². The fourth-order valence-corrected chi connectivity index (χ4v) is 3.83. The molecule has 0 aromatic heterocycles. The van der Waals surface area contributed by atoms with Crippen molar-refractivity contribution in [2.45, 2.75) is 52.1 Å². The molecule has 2 saturated carbocycles. The fraction of sp³-hybridized carbons (Fsp3) is 0.933. The van der Waals surface area contributed by atoms with E-state index < -0.39 is 5.60 Å². The van der Waals surface area contributed by atoms with Crippen LogP contribution in [0.5, 0.6) is 0 Å². The van der Waals surface area contributed by atoms with Crippen molar-refractivity contribution in [3.8, 4) is 0 Å². The van der Waals surface area contributed by atoms with Crippen molar-refractivity contribution in [1.82, 2.24) is 4.90 Å². The molecule has 1 amide bonds. The SMILES string of the molecule is CC(C)(C)OC(=O)N(CCS)CC1CC2CCC1C2. The van der Waals surface area contributed by atoms with E-state index in [1.165, 1.54) is 25.7 Å². The summed E-state index contributed by atoms with van der Waals surface area (Å²) < 4.78 is 5.50. The molecule has 2 bridgehead atoms. The van der Waals surface area contributed by atoms with Gasteiger partial charge in [-0.05, 0) is 57.8 Å². The van der Waals surface area contributed by atoms with E-state index in [-0.39, 0.29) is 6.09 Å². The Bertz CT molecular complexity index is 327. The van der Waals surface area contributed by atoms with Crippen LogP contribution >= 0.6 is 12.6 Å². The van der Waals surface area contributed by atoms with Crippen molar-refractivity contribution in [1.29, 1.82) is 0 Å². The van der Waals surface area contributed by atoms with Crippen LogP contribution in [-0.4, -0.2) is 35.4 Å². The molecule has 0 radical (unpaired) electrons. The lowest BCUT2D eigenvalue weighted by atomic mass is 9.88. The second-order valence-corrected chi connectivity index (χ2v) is 7.53. The summed E-state index contributed by atoms with van der Waals surface area (Å²) in [5.74, 6) is 3.15. The zero-order valence-electron chi connectivity index (χ0n) is 12.4. The Balaban J connectivity index is 1.90. The van der Waals surface area contributed by atoms with E-state index in [0.717, 1.165) is 18.4 Å². The number of carbonyl (C=O) groups is 1. The Morgan fingerprint density at radius 2 is 2.05 bits per heavy atom. The van der Waals surface area contributed by atoms with E-state index in [2.05, 4.69) is 12.6 Å². The maximum Gasteiger partial charge on any atom is 0.410 e. The molecule has 3 unspecified atom stereocenters. The number of rotatable bonds is 4. The van der Waals surface area contributed by atoms with E-state index in [0.29, 0.717) is 18.2 Å². The lowest BCUT2D eigenvalue weighted by molar-refractivity contribution is 0.0215. The molecule has 0 spiro atoms. The van der Waals surface area contributed by atoms with Crippen molar-refractivity contribution >= 4 is 18.7 Å². The summed E-state index contributed by atoms with van der Waals surface area (Å²) in [6.07, 6.45) is 5.27. The zero-order valence-corrected chi connectivity index (χ0v) is 13.3. The predicted molar refractivity (Wildman–Crippen MR) is 80.6 cm³/mol. The molecule has 0 aromatic rings. The number of carbonyl (C=O) groups excluding carboxylic acids is 1. The fourth-order valence-electron chi connectivity index (χ4n) is 3.59. The Hall–Kier alpha value is -0.380. The maximum absolute atomic E-state index is 12.2. The normalized spacial score (nSPS) is 29.6. The van der Waals surface area contributed by atoms with Gasteiger partial charge in [0.25, 0.3) is 0 Å². The molecule has 3 atom stereocenters. The third kappa shape index (κ3) is 4.04. The number of thiol groups is 1. The molecule has 0 aliphatic heterocycles. The van der Waals surface area contributed by atoms with Crippen molar-refractivity contribution in [3.05, 3.63) is 0 Å². The van der Waals surface area contributed by atoms with Gasteiger partial charge in [-0.25, -0.2) is 4.79 Å². The second-order valence-electron chi connectivity index (χ2n) is 7.08. The highest BCUT2D eigenvalue weighted by molar-refractivity contribution is 7.80. The van der Waals surface area contributed by atoms with Gasteiger partial charge in [0.2, 0.25) is 0 Å². The van der Waals surface area contributed by atoms with Gasteiger partial charge in [-0.2, -0.15) is 12.6 Å². The van der Waals surface area contributed by atoms with Gasteiger partial charge in [-0.3, -0.25) is 0 Å². The number of nitrogens with zero attached hydrogens (tertiary/aromatic N) is 1. The monoisotopic (exact) mass is 285 g/mol. The van der Waals surface area contributed by atoms with E-state index in [1.54, 1.807) is 0 Å². The minimum atomic E-state index is -0.416. The molecule has 0 aromatic carbocycles. The van der Waals surface area contributed by atoms with Crippen molar-refractivity contribution in [2.75, 3.05) is 18.8 Å². The molecule has 3 nitrogen and oxygen atoms in total. The van der Waals surface area contributed by atoms with E-state index in [4.69, 9.17) is 4.74 Å². The predicted octanol–water partition coefficient (Wildman–Crippen LogP) is 3.59. The summed E-state index contributed by atoms with van der Waals surface area (Å²) in [6.45, 7) is 7.30. The molecule has 19 heavy (non-hydrogen) atoms. The Kier molecular flexibility index (Phi) is 4.70. The summed E-state index contributed by atoms with van der Waals surface area (Å²) in [7, 11) is 0.